The van der Waals surface area contributed by atoms with Gasteiger partial charge in [0.2, 0.25) is 0 Å². The van der Waals surface area contributed by atoms with Crippen LogP contribution in [0.2, 0.25) is 0 Å². The molecule has 5 heteroatoms. The first-order valence-corrected chi connectivity index (χ1v) is 7.35. The van der Waals surface area contributed by atoms with Gasteiger partial charge in [-0.3, -0.25) is 9.36 Å². The molecular formula is C18H16N2O3. The molecule has 1 heterocycles. The molecule has 0 aliphatic heterocycles. The number of esters is 1. The molecule has 2 aromatic carbocycles. The fraction of sp³-hybridized carbons (Fsp3) is 0.167. The van der Waals surface area contributed by atoms with Crippen LogP contribution in [0.25, 0.3) is 16.6 Å². The smallest absolute Gasteiger partial charge is 0.339 e. The zero-order chi connectivity index (χ0) is 16.4. The number of rotatable bonds is 3. The van der Waals surface area contributed by atoms with Gasteiger partial charge in [-0.1, -0.05) is 31.2 Å². The van der Waals surface area contributed by atoms with E-state index in [2.05, 4.69) is 4.98 Å². The van der Waals surface area contributed by atoms with Gasteiger partial charge in [0.15, 0.2) is 0 Å². The van der Waals surface area contributed by atoms with Crippen LogP contribution in [-0.4, -0.2) is 22.6 Å². The molecular weight excluding hydrogens is 292 g/mol. The Morgan fingerprint density at radius 2 is 1.83 bits per heavy atom. The maximum Gasteiger partial charge on any atom is 0.339 e. The summed E-state index contributed by atoms with van der Waals surface area (Å²) in [5.41, 5.74) is 1.29. The van der Waals surface area contributed by atoms with E-state index in [0.717, 1.165) is 0 Å². The van der Waals surface area contributed by atoms with Crippen molar-refractivity contribution in [1.29, 1.82) is 0 Å². The maximum absolute atomic E-state index is 12.9. The number of methoxy groups -OCH3 is 1. The minimum Gasteiger partial charge on any atom is -0.465 e. The van der Waals surface area contributed by atoms with Crippen LogP contribution in [0.15, 0.2) is 53.3 Å². The number of carbonyl (C=O) groups is 1. The number of para-hydroxylation sites is 2. The Morgan fingerprint density at radius 1 is 1.13 bits per heavy atom. The quantitative estimate of drug-likeness (QED) is 0.698. The first-order chi connectivity index (χ1) is 11.2. The predicted molar refractivity (Wildman–Crippen MR) is 88.1 cm³/mol. The minimum atomic E-state index is -0.484. The highest BCUT2D eigenvalue weighted by Crippen LogP contribution is 2.18. The van der Waals surface area contributed by atoms with E-state index in [-0.39, 0.29) is 5.56 Å². The molecule has 116 valence electrons. The number of fused-ring (bicyclic) bond motifs is 1. The molecule has 0 atom stereocenters. The third-order valence-electron chi connectivity index (χ3n) is 3.71. The first-order valence-electron chi connectivity index (χ1n) is 7.35. The molecule has 3 rings (SSSR count). The molecule has 0 aliphatic carbocycles. The van der Waals surface area contributed by atoms with Crippen molar-refractivity contribution in [1.82, 2.24) is 9.55 Å². The number of aryl methyl sites for hydroxylation is 1. The molecule has 0 unspecified atom stereocenters. The second-order valence-electron chi connectivity index (χ2n) is 5.05. The summed E-state index contributed by atoms with van der Waals surface area (Å²) in [6.07, 6.45) is 0.565. The Hall–Kier alpha value is -2.95. The van der Waals surface area contributed by atoms with Gasteiger partial charge in [0, 0.05) is 6.42 Å². The van der Waals surface area contributed by atoms with Gasteiger partial charge in [-0.05, 0) is 24.3 Å². The molecule has 23 heavy (non-hydrogen) atoms. The number of carbonyl (C=O) groups excluding carboxylic acids is 1. The van der Waals surface area contributed by atoms with Crippen LogP contribution < -0.4 is 5.56 Å². The zero-order valence-corrected chi connectivity index (χ0v) is 12.9. The minimum absolute atomic E-state index is 0.191. The van der Waals surface area contributed by atoms with Crippen LogP contribution >= 0.6 is 0 Å². The second kappa shape index (κ2) is 6.04. The second-order valence-corrected chi connectivity index (χ2v) is 5.05. The van der Waals surface area contributed by atoms with Gasteiger partial charge in [0.25, 0.3) is 5.56 Å². The van der Waals surface area contributed by atoms with Crippen molar-refractivity contribution >= 4 is 16.9 Å². The summed E-state index contributed by atoms with van der Waals surface area (Å²) in [6, 6.07) is 14.1. The SMILES string of the molecule is CCc1nc2ccccc2c(=O)n1-c1ccccc1C(=O)OC. The molecule has 0 amide bonds. The zero-order valence-electron chi connectivity index (χ0n) is 12.9. The van der Waals surface area contributed by atoms with E-state index in [4.69, 9.17) is 4.74 Å². The van der Waals surface area contributed by atoms with E-state index < -0.39 is 5.97 Å². The summed E-state index contributed by atoms with van der Waals surface area (Å²) in [7, 11) is 1.32. The van der Waals surface area contributed by atoms with E-state index >= 15 is 0 Å². The van der Waals surface area contributed by atoms with Crippen molar-refractivity contribution in [2.24, 2.45) is 0 Å². The normalized spacial score (nSPS) is 10.7. The lowest BCUT2D eigenvalue weighted by Crippen LogP contribution is -2.25. The van der Waals surface area contributed by atoms with E-state index in [9.17, 15) is 9.59 Å². The average Bonchev–Trinajstić information content (AvgIpc) is 2.61. The van der Waals surface area contributed by atoms with Gasteiger partial charge in [-0.15, -0.1) is 0 Å². The van der Waals surface area contributed by atoms with Crippen LogP contribution in [-0.2, 0) is 11.2 Å². The van der Waals surface area contributed by atoms with Crippen LogP contribution in [0, 0.1) is 0 Å². The molecule has 0 fully saturated rings. The topological polar surface area (TPSA) is 61.2 Å². The van der Waals surface area contributed by atoms with E-state index in [1.165, 1.54) is 11.7 Å². The lowest BCUT2D eigenvalue weighted by molar-refractivity contribution is 0.0600. The summed E-state index contributed by atoms with van der Waals surface area (Å²) in [4.78, 5) is 29.5. The Labute approximate surface area is 133 Å². The van der Waals surface area contributed by atoms with E-state index in [0.29, 0.717) is 34.4 Å². The van der Waals surface area contributed by atoms with Crippen LogP contribution in [0.1, 0.15) is 23.1 Å². The van der Waals surface area contributed by atoms with Gasteiger partial charge >= 0.3 is 5.97 Å². The fourth-order valence-corrected chi connectivity index (χ4v) is 2.62. The van der Waals surface area contributed by atoms with Crippen LogP contribution in [0.5, 0.6) is 0 Å². The number of hydrogen-bond donors (Lipinski definition) is 0. The molecule has 0 aliphatic rings. The Balaban J connectivity index is 2.39. The Kier molecular flexibility index (Phi) is 3.93. The number of benzene rings is 2. The molecule has 0 saturated carbocycles. The molecule has 0 radical (unpaired) electrons. The average molecular weight is 308 g/mol. The summed E-state index contributed by atoms with van der Waals surface area (Å²) in [6.45, 7) is 1.92. The Bertz CT molecular complexity index is 944. The predicted octanol–water partition coefficient (Wildman–Crippen LogP) is 2.73. The first kappa shape index (κ1) is 15.0. The van der Waals surface area contributed by atoms with Crippen LogP contribution in [0.3, 0.4) is 0 Å². The van der Waals surface area contributed by atoms with Gasteiger partial charge < -0.3 is 4.74 Å². The highest BCUT2D eigenvalue weighted by atomic mass is 16.5. The van der Waals surface area contributed by atoms with Crippen molar-refractivity contribution in [3.8, 4) is 5.69 Å². The maximum atomic E-state index is 12.9. The monoisotopic (exact) mass is 308 g/mol. The van der Waals surface area contributed by atoms with Crippen molar-refractivity contribution in [2.45, 2.75) is 13.3 Å². The number of aromatic nitrogens is 2. The van der Waals surface area contributed by atoms with Gasteiger partial charge in [-0.25, -0.2) is 9.78 Å². The highest BCUT2D eigenvalue weighted by Gasteiger charge is 2.17. The summed E-state index contributed by atoms with van der Waals surface area (Å²) < 4.78 is 6.32. The summed E-state index contributed by atoms with van der Waals surface area (Å²) in [5, 5.41) is 0.518. The van der Waals surface area contributed by atoms with Crippen LogP contribution in [0.4, 0.5) is 0 Å². The lowest BCUT2D eigenvalue weighted by atomic mass is 10.1. The number of nitrogens with zero attached hydrogens (tertiary/aromatic N) is 2. The number of ether oxygens (including phenoxy) is 1. The number of hydrogen-bond acceptors (Lipinski definition) is 4. The molecule has 1 aromatic heterocycles. The van der Waals surface area contributed by atoms with Crippen molar-refractivity contribution in [3.63, 3.8) is 0 Å². The highest BCUT2D eigenvalue weighted by molar-refractivity contribution is 5.93. The molecule has 0 spiro atoms. The fourth-order valence-electron chi connectivity index (χ4n) is 2.62. The van der Waals surface area contributed by atoms with Crippen molar-refractivity contribution in [2.75, 3.05) is 7.11 Å². The van der Waals surface area contributed by atoms with Crippen molar-refractivity contribution in [3.05, 3.63) is 70.3 Å². The molecule has 3 aromatic rings. The van der Waals surface area contributed by atoms with Gasteiger partial charge in [0.05, 0.1) is 29.3 Å². The third kappa shape index (κ3) is 2.50. The van der Waals surface area contributed by atoms with E-state index in [1.807, 2.05) is 19.1 Å². The van der Waals surface area contributed by atoms with Crippen molar-refractivity contribution < 1.29 is 9.53 Å². The molecule has 0 saturated heterocycles. The standard InChI is InChI=1S/C18H16N2O3/c1-3-16-19-14-10-6-4-8-12(14)17(21)20(16)15-11-7-5-9-13(15)18(22)23-2/h4-11H,3H2,1-2H3. The molecule has 0 N–H and O–H groups in total. The van der Waals surface area contributed by atoms with E-state index in [1.54, 1.807) is 36.4 Å². The largest absolute Gasteiger partial charge is 0.465 e. The summed E-state index contributed by atoms with van der Waals surface area (Å²) in [5.74, 6) is 0.118. The molecule has 0 bridgehead atoms. The molecule has 5 nitrogen and oxygen atoms in total. The summed E-state index contributed by atoms with van der Waals surface area (Å²) >= 11 is 0. The van der Waals surface area contributed by atoms with Gasteiger partial charge in [0.1, 0.15) is 5.82 Å². The Morgan fingerprint density at radius 3 is 2.57 bits per heavy atom. The third-order valence-corrected chi connectivity index (χ3v) is 3.71. The van der Waals surface area contributed by atoms with Gasteiger partial charge in [-0.2, -0.15) is 0 Å². The lowest BCUT2D eigenvalue weighted by Gasteiger charge is -2.15.